The van der Waals surface area contributed by atoms with Crippen molar-refractivity contribution in [2.24, 2.45) is 0 Å². The van der Waals surface area contributed by atoms with Crippen LogP contribution in [0.5, 0.6) is 5.75 Å². The van der Waals surface area contributed by atoms with E-state index in [0.29, 0.717) is 29.3 Å². The summed E-state index contributed by atoms with van der Waals surface area (Å²) in [6, 6.07) is 12.5. The lowest BCUT2D eigenvalue weighted by Crippen LogP contribution is -2.41. The van der Waals surface area contributed by atoms with Crippen molar-refractivity contribution in [2.45, 2.75) is 13.3 Å². The van der Waals surface area contributed by atoms with Gasteiger partial charge in [0.1, 0.15) is 17.9 Å². The molecule has 3 aromatic rings. The van der Waals surface area contributed by atoms with Crippen molar-refractivity contribution in [3.8, 4) is 17.0 Å². The van der Waals surface area contributed by atoms with Gasteiger partial charge in [0.05, 0.1) is 18.9 Å². The van der Waals surface area contributed by atoms with Gasteiger partial charge in [-0.2, -0.15) is 0 Å². The van der Waals surface area contributed by atoms with Gasteiger partial charge in [-0.15, -0.1) is 13.2 Å². The first kappa shape index (κ1) is 25.4. The van der Waals surface area contributed by atoms with Crippen LogP contribution in [0.15, 0.2) is 54.9 Å². The molecule has 4 rings (SSSR count). The third-order valence-corrected chi connectivity index (χ3v) is 5.67. The second-order valence-corrected chi connectivity index (χ2v) is 8.18. The highest BCUT2D eigenvalue weighted by Crippen LogP contribution is 2.29. The zero-order chi connectivity index (χ0) is 25.5. The van der Waals surface area contributed by atoms with Crippen molar-refractivity contribution in [1.29, 1.82) is 0 Å². The summed E-state index contributed by atoms with van der Waals surface area (Å²) in [6.07, 6.45) is -3.34. The number of alkyl halides is 3. The van der Waals surface area contributed by atoms with Crippen LogP contribution in [0.4, 0.5) is 24.7 Å². The Bertz CT molecular complexity index is 1170. The van der Waals surface area contributed by atoms with Crippen molar-refractivity contribution < 1.29 is 27.4 Å². The van der Waals surface area contributed by atoms with Crippen LogP contribution in [0.25, 0.3) is 11.3 Å². The minimum Gasteiger partial charge on any atom is -0.406 e. The number of carbonyl (C=O) groups is 1. The third kappa shape index (κ3) is 6.92. The molecule has 1 aliphatic rings. The average Bonchev–Trinajstić information content (AvgIpc) is 2.86. The summed E-state index contributed by atoms with van der Waals surface area (Å²) in [5.74, 6) is 0.0577. The van der Waals surface area contributed by atoms with Gasteiger partial charge in [0.2, 0.25) is 0 Å². The maximum atomic E-state index is 12.5. The maximum absolute atomic E-state index is 12.5. The summed E-state index contributed by atoms with van der Waals surface area (Å²) in [4.78, 5) is 23.4. The van der Waals surface area contributed by atoms with E-state index < -0.39 is 6.36 Å². The molecule has 1 fully saturated rings. The van der Waals surface area contributed by atoms with Crippen molar-refractivity contribution in [2.75, 3.05) is 44.7 Å². The monoisotopic (exact) mass is 501 g/mol. The van der Waals surface area contributed by atoms with Gasteiger partial charge in [-0.1, -0.05) is 12.1 Å². The zero-order valence-electron chi connectivity index (χ0n) is 19.6. The number of halogens is 3. The largest absolute Gasteiger partial charge is 0.573 e. The first-order valence-electron chi connectivity index (χ1n) is 11.4. The molecule has 0 bridgehead atoms. The smallest absolute Gasteiger partial charge is 0.406 e. The summed E-state index contributed by atoms with van der Waals surface area (Å²) in [7, 11) is 0. The molecule has 0 radical (unpaired) electrons. The zero-order valence-corrected chi connectivity index (χ0v) is 19.6. The minimum atomic E-state index is -4.74. The van der Waals surface area contributed by atoms with Gasteiger partial charge < -0.3 is 20.1 Å². The van der Waals surface area contributed by atoms with E-state index in [-0.39, 0.29) is 11.7 Å². The van der Waals surface area contributed by atoms with E-state index in [0.717, 1.165) is 44.0 Å². The Morgan fingerprint density at radius 1 is 1.06 bits per heavy atom. The molecular formula is C25H26F3N5O3. The van der Waals surface area contributed by atoms with Gasteiger partial charge in [0, 0.05) is 48.6 Å². The van der Waals surface area contributed by atoms with E-state index in [9.17, 15) is 18.0 Å². The van der Waals surface area contributed by atoms with Gasteiger partial charge >= 0.3 is 6.36 Å². The first-order chi connectivity index (χ1) is 17.3. The van der Waals surface area contributed by atoms with Crippen LogP contribution in [-0.4, -0.2) is 66.5 Å². The van der Waals surface area contributed by atoms with Crippen LogP contribution < -0.4 is 15.4 Å². The molecule has 2 heterocycles. The molecule has 1 amide bonds. The van der Waals surface area contributed by atoms with Crippen LogP contribution in [0.3, 0.4) is 0 Å². The van der Waals surface area contributed by atoms with Gasteiger partial charge in [0.15, 0.2) is 0 Å². The highest BCUT2D eigenvalue weighted by molar-refractivity contribution is 5.94. The van der Waals surface area contributed by atoms with Crippen molar-refractivity contribution >= 4 is 17.4 Å². The third-order valence-electron chi connectivity index (χ3n) is 5.67. The number of amides is 1. The van der Waals surface area contributed by atoms with E-state index >= 15 is 0 Å². The van der Waals surface area contributed by atoms with E-state index in [1.165, 1.54) is 30.6 Å². The van der Waals surface area contributed by atoms with Crippen LogP contribution >= 0.6 is 0 Å². The molecule has 0 unspecified atom stereocenters. The lowest BCUT2D eigenvalue weighted by atomic mass is 10.0. The minimum absolute atomic E-state index is 0.144. The number of hydrogen-bond donors (Lipinski definition) is 2. The number of anilines is 2. The Labute approximate surface area is 206 Å². The van der Waals surface area contributed by atoms with Gasteiger partial charge in [0.25, 0.3) is 5.91 Å². The summed E-state index contributed by atoms with van der Waals surface area (Å²) in [6.45, 7) is 6.36. The van der Waals surface area contributed by atoms with E-state index in [1.54, 1.807) is 12.1 Å². The first-order valence-corrected chi connectivity index (χ1v) is 11.4. The summed E-state index contributed by atoms with van der Waals surface area (Å²) >= 11 is 0. The lowest BCUT2D eigenvalue weighted by Gasteiger charge is -2.26. The highest BCUT2D eigenvalue weighted by atomic mass is 19.4. The molecule has 0 atom stereocenters. The fourth-order valence-electron chi connectivity index (χ4n) is 3.78. The van der Waals surface area contributed by atoms with E-state index in [4.69, 9.17) is 4.74 Å². The summed E-state index contributed by atoms with van der Waals surface area (Å²) in [5, 5.41) is 6.03. The van der Waals surface area contributed by atoms with Gasteiger partial charge in [-0.25, -0.2) is 9.97 Å². The molecule has 1 saturated heterocycles. The van der Waals surface area contributed by atoms with Crippen LogP contribution in [-0.2, 0) is 4.74 Å². The molecule has 1 aromatic heterocycles. The quantitative estimate of drug-likeness (QED) is 0.479. The standard InChI is InChI=1S/C25H26F3N5O3/c1-17-22(30-16-31-23(17)32-20-6-8-21(9-7-20)36-25(26,27)28)18-2-4-19(5-3-18)24(34)29-10-11-33-12-14-35-15-13-33/h2-9,16H,10-15H2,1H3,(H,29,34)(H,30,31,32). The molecule has 11 heteroatoms. The second kappa shape index (κ2) is 11.4. The fourth-order valence-corrected chi connectivity index (χ4v) is 3.78. The number of rotatable bonds is 8. The fraction of sp³-hybridized carbons (Fsp3) is 0.320. The number of nitrogens with zero attached hydrogens (tertiary/aromatic N) is 3. The summed E-state index contributed by atoms with van der Waals surface area (Å²) in [5.41, 5.74) is 3.31. The number of hydrogen-bond acceptors (Lipinski definition) is 7. The number of aromatic nitrogens is 2. The number of morpholine rings is 1. The number of ether oxygens (including phenoxy) is 2. The van der Waals surface area contributed by atoms with E-state index in [2.05, 4.69) is 30.2 Å². The lowest BCUT2D eigenvalue weighted by molar-refractivity contribution is -0.274. The highest BCUT2D eigenvalue weighted by Gasteiger charge is 2.31. The summed E-state index contributed by atoms with van der Waals surface area (Å²) < 4.78 is 46.3. The van der Waals surface area contributed by atoms with Crippen molar-refractivity contribution in [3.63, 3.8) is 0 Å². The normalized spacial score (nSPS) is 14.3. The van der Waals surface area contributed by atoms with Crippen LogP contribution in [0, 0.1) is 6.92 Å². The Hall–Kier alpha value is -3.70. The second-order valence-electron chi connectivity index (χ2n) is 8.18. The van der Waals surface area contributed by atoms with Crippen molar-refractivity contribution in [3.05, 3.63) is 66.0 Å². The molecule has 8 nitrogen and oxygen atoms in total. The topological polar surface area (TPSA) is 88.6 Å². The molecule has 0 saturated carbocycles. The number of nitrogens with one attached hydrogen (secondary N) is 2. The van der Waals surface area contributed by atoms with Gasteiger partial charge in [-0.3, -0.25) is 9.69 Å². The Morgan fingerprint density at radius 2 is 1.75 bits per heavy atom. The molecule has 2 N–H and O–H groups in total. The van der Waals surface area contributed by atoms with Crippen LogP contribution in [0.2, 0.25) is 0 Å². The molecule has 0 spiro atoms. The Balaban J connectivity index is 1.38. The molecule has 36 heavy (non-hydrogen) atoms. The van der Waals surface area contributed by atoms with Crippen LogP contribution in [0.1, 0.15) is 15.9 Å². The Kier molecular flexibility index (Phi) is 8.01. The number of benzene rings is 2. The predicted octanol–water partition coefficient (Wildman–Crippen LogP) is 4.16. The predicted molar refractivity (Wildman–Crippen MR) is 128 cm³/mol. The van der Waals surface area contributed by atoms with E-state index in [1.807, 2.05) is 19.1 Å². The van der Waals surface area contributed by atoms with Gasteiger partial charge in [-0.05, 0) is 43.3 Å². The molecule has 1 aliphatic heterocycles. The average molecular weight is 502 g/mol. The molecular weight excluding hydrogens is 475 g/mol. The number of carbonyl (C=O) groups excluding carboxylic acids is 1. The molecule has 190 valence electrons. The Morgan fingerprint density at radius 3 is 2.42 bits per heavy atom. The SMILES string of the molecule is Cc1c(Nc2ccc(OC(F)(F)F)cc2)ncnc1-c1ccc(C(=O)NCCN2CCOCC2)cc1. The van der Waals surface area contributed by atoms with Crippen molar-refractivity contribution in [1.82, 2.24) is 20.2 Å². The molecule has 0 aliphatic carbocycles. The maximum Gasteiger partial charge on any atom is 0.573 e. The molecule has 2 aromatic carbocycles.